The lowest BCUT2D eigenvalue weighted by Gasteiger charge is -2.35. The molecular weight excluding hydrogens is 380 g/mol. The lowest BCUT2D eigenvalue weighted by Crippen LogP contribution is -2.42. The molecule has 152 valence electrons. The Morgan fingerprint density at radius 3 is 2.86 bits per heavy atom. The van der Waals surface area contributed by atoms with Gasteiger partial charge in [0.05, 0.1) is 29.7 Å². The Morgan fingerprint density at radius 1 is 1.31 bits per heavy atom. The van der Waals surface area contributed by atoms with Crippen molar-refractivity contribution in [1.82, 2.24) is 14.5 Å². The van der Waals surface area contributed by atoms with Crippen molar-refractivity contribution in [2.75, 3.05) is 11.1 Å². The van der Waals surface area contributed by atoms with Crippen LogP contribution in [0.3, 0.4) is 0 Å². The maximum absolute atomic E-state index is 14.7. The molecule has 1 aliphatic carbocycles. The topological polar surface area (TPSA) is 106 Å². The normalized spacial score (nSPS) is 22.0. The number of carboxylic acid groups (broad SMARTS) is 1. The van der Waals surface area contributed by atoms with Crippen molar-refractivity contribution in [2.45, 2.75) is 32.2 Å². The van der Waals surface area contributed by atoms with Crippen LogP contribution in [-0.2, 0) is 4.79 Å². The van der Waals surface area contributed by atoms with Gasteiger partial charge in [-0.15, -0.1) is 0 Å². The van der Waals surface area contributed by atoms with Crippen LogP contribution < -0.4 is 11.1 Å². The molecule has 9 heteroatoms. The summed E-state index contributed by atoms with van der Waals surface area (Å²) in [5.74, 6) is -2.46. The van der Waals surface area contributed by atoms with Crippen LogP contribution in [0.5, 0.6) is 0 Å². The fraction of sp³-hybridized carbons (Fsp3) is 0.350. The standard InChI is InChI=1S/C20H21F2N5O2/c1-10-3-2-4-13(20(28)29)16(10)26-17-12-5-6-27(19(12)25-9-14(17)22)15-7-11(21)8-24-18(15)23/h5-10,13,16H,2-4H2,1H3,(H2,23,24)(H,25,26)(H,28,29)/t10-,13-,16?/m0/s1. The number of fused-ring (bicyclic) bond motifs is 1. The van der Waals surface area contributed by atoms with Gasteiger partial charge in [0.1, 0.15) is 17.3 Å². The van der Waals surface area contributed by atoms with Crippen LogP contribution in [0.15, 0.2) is 30.7 Å². The number of nitrogen functional groups attached to an aromatic ring is 1. The molecular formula is C20H21F2N5O2. The minimum absolute atomic E-state index is 0.0672. The number of aliphatic carboxylic acids is 1. The summed E-state index contributed by atoms with van der Waals surface area (Å²) in [4.78, 5) is 19.7. The molecule has 3 heterocycles. The first kappa shape index (κ1) is 19.1. The van der Waals surface area contributed by atoms with Crippen LogP contribution in [-0.4, -0.2) is 31.7 Å². The van der Waals surface area contributed by atoms with Gasteiger partial charge in [-0.3, -0.25) is 9.36 Å². The molecule has 0 saturated heterocycles. The van der Waals surface area contributed by atoms with Gasteiger partial charge in [-0.25, -0.2) is 18.7 Å². The smallest absolute Gasteiger partial charge is 0.308 e. The maximum Gasteiger partial charge on any atom is 0.308 e. The van der Waals surface area contributed by atoms with E-state index < -0.39 is 29.6 Å². The Labute approximate surface area is 165 Å². The van der Waals surface area contributed by atoms with E-state index in [1.165, 1.54) is 10.6 Å². The predicted octanol–water partition coefficient (Wildman–Crippen LogP) is 3.58. The molecule has 29 heavy (non-hydrogen) atoms. The zero-order valence-corrected chi connectivity index (χ0v) is 15.8. The number of rotatable bonds is 4. The molecule has 0 aliphatic heterocycles. The maximum atomic E-state index is 14.7. The zero-order valence-electron chi connectivity index (χ0n) is 15.8. The number of pyridine rings is 2. The van der Waals surface area contributed by atoms with Crippen LogP contribution >= 0.6 is 0 Å². The van der Waals surface area contributed by atoms with Gasteiger partial charge in [-0.2, -0.15) is 0 Å². The highest BCUT2D eigenvalue weighted by atomic mass is 19.1. The number of nitrogens with two attached hydrogens (primary N) is 1. The first-order chi connectivity index (χ1) is 13.9. The summed E-state index contributed by atoms with van der Waals surface area (Å²) >= 11 is 0. The molecule has 0 bridgehead atoms. The largest absolute Gasteiger partial charge is 0.481 e. The molecule has 3 atom stereocenters. The number of hydrogen-bond donors (Lipinski definition) is 3. The summed E-state index contributed by atoms with van der Waals surface area (Å²) in [5, 5.41) is 13.2. The van der Waals surface area contributed by atoms with E-state index in [4.69, 9.17) is 5.73 Å². The number of hydrogen-bond acceptors (Lipinski definition) is 5. The summed E-state index contributed by atoms with van der Waals surface area (Å²) < 4.78 is 29.9. The third-order valence-corrected chi connectivity index (χ3v) is 5.64. The molecule has 3 aromatic heterocycles. The number of nitrogens with zero attached hydrogens (tertiary/aromatic N) is 3. The van der Waals surface area contributed by atoms with Crippen LogP contribution in [0.25, 0.3) is 16.7 Å². The number of anilines is 2. The second kappa shape index (κ2) is 7.31. The molecule has 0 radical (unpaired) electrons. The number of carbonyl (C=O) groups is 1. The third kappa shape index (κ3) is 3.37. The summed E-state index contributed by atoms with van der Waals surface area (Å²) in [6.07, 6.45) is 5.92. The Hall–Kier alpha value is -3.23. The van der Waals surface area contributed by atoms with E-state index in [-0.39, 0.29) is 17.4 Å². The molecule has 1 fully saturated rings. The molecule has 3 aromatic rings. The van der Waals surface area contributed by atoms with Crippen LogP contribution in [0.4, 0.5) is 20.3 Å². The average molecular weight is 401 g/mol. The molecule has 0 amide bonds. The summed E-state index contributed by atoms with van der Waals surface area (Å²) in [5.41, 5.74) is 6.71. The molecule has 1 unspecified atom stereocenters. The van der Waals surface area contributed by atoms with Gasteiger partial charge in [0.25, 0.3) is 0 Å². The minimum atomic E-state index is -0.893. The van der Waals surface area contributed by atoms with E-state index in [2.05, 4.69) is 15.3 Å². The monoisotopic (exact) mass is 401 g/mol. The Morgan fingerprint density at radius 2 is 2.10 bits per heavy atom. The van der Waals surface area contributed by atoms with E-state index in [1.807, 2.05) is 6.92 Å². The number of halogens is 2. The summed E-state index contributed by atoms with van der Waals surface area (Å²) in [7, 11) is 0. The quantitative estimate of drug-likeness (QED) is 0.617. The lowest BCUT2D eigenvalue weighted by molar-refractivity contribution is -0.143. The van der Waals surface area contributed by atoms with Crippen LogP contribution in [0, 0.1) is 23.5 Å². The van der Waals surface area contributed by atoms with E-state index in [0.29, 0.717) is 23.1 Å². The highest BCUT2D eigenvalue weighted by molar-refractivity contribution is 5.92. The third-order valence-electron chi connectivity index (χ3n) is 5.64. The van der Waals surface area contributed by atoms with Gasteiger partial charge in [-0.1, -0.05) is 13.3 Å². The van der Waals surface area contributed by atoms with E-state index >= 15 is 0 Å². The van der Waals surface area contributed by atoms with E-state index in [1.54, 1.807) is 12.3 Å². The average Bonchev–Trinajstić information content (AvgIpc) is 3.11. The highest BCUT2D eigenvalue weighted by Gasteiger charge is 2.36. The van der Waals surface area contributed by atoms with Crippen molar-refractivity contribution >= 4 is 28.5 Å². The highest BCUT2D eigenvalue weighted by Crippen LogP contribution is 2.35. The SMILES string of the molecule is C[C@H]1CCC[C@H](C(=O)O)C1Nc1c(F)cnc2c1ccn2-c1cc(F)cnc1N. The molecule has 4 rings (SSSR count). The first-order valence-corrected chi connectivity index (χ1v) is 9.43. The number of aromatic nitrogens is 3. The minimum Gasteiger partial charge on any atom is -0.481 e. The van der Waals surface area contributed by atoms with Crippen molar-refractivity contribution in [3.05, 3.63) is 42.4 Å². The van der Waals surface area contributed by atoms with Gasteiger partial charge in [0, 0.05) is 23.7 Å². The van der Waals surface area contributed by atoms with Crippen LogP contribution in [0.2, 0.25) is 0 Å². The van der Waals surface area contributed by atoms with Crippen molar-refractivity contribution in [3.63, 3.8) is 0 Å². The fourth-order valence-corrected chi connectivity index (χ4v) is 4.14. The second-order valence-corrected chi connectivity index (χ2v) is 7.49. The summed E-state index contributed by atoms with van der Waals surface area (Å²) in [6, 6.07) is 2.45. The molecule has 1 aliphatic rings. The predicted molar refractivity (Wildman–Crippen MR) is 105 cm³/mol. The second-order valence-electron chi connectivity index (χ2n) is 7.49. The van der Waals surface area contributed by atoms with Crippen molar-refractivity contribution in [1.29, 1.82) is 0 Å². The van der Waals surface area contributed by atoms with Gasteiger partial charge in [0.15, 0.2) is 5.82 Å². The number of carboxylic acids is 1. The lowest BCUT2D eigenvalue weighted by atomic mass is 9.77. The molecule has 1 saturated carbocycles. The first-order valence-electron chi connectivity index (χ1n) is 9.43. The fourth-order valence-electron chi connectivity index (χ4n) is 4.14. The Bertz CT molecular complexity index is 1080. The Kier molecular flexibility index (Phi) is 4.81. The Balaban J connectivity index is 1.79. The van der Waals surface area contributed by atoms with Crippen LogP contribution in [0.1, 0.15) is 26.2 Å². The summed E-state index contributed by atoms with van der Waals surface area (Å²) in [6.45, 7) is 1.97. The zero-order chi connectivity index (χ0) is 20.7. The van der Waals surface area contributed by atoms with Gasteiger partial charge < -0.3 is 16.2 Å². The van der Waals surface area contributed by atoms with Gasteiger partial charge >= 0.3 is 5.97 Å². The van der Waals surface area contributed by atoms with E-state index in [9.17, 15) is 18.7 Å². The van der Waals surface area contributed by atoms with Gasteiger partial charge in [0.2, 0.25) is 0 Å². The molecule has 0 spiro atoms. The molecule has 4 N–H and O–H groups in total. The molecule has 7 nitrogen and oxygen atoms in total. The number of nitrogens with one attached hydrogen (secondary N) is 1. The van der Waals surface area contributed by atoms with Crippen molar-refractivity contribution < 1.29 is 18.7 Å². The van der Waals surface area contributed by atoms with Gasteiger partial charge in [-0.05, 0) is 24.8 Å². The van der Waals surface area contributed by atoms with Crippen molar-refractivity contribution in [2.24, 2.45) is 11.8 Å². The molecule has 0 aromatic carbocycles. The van der Waals surface area contributed by atoms with E-state index in [0.717, 1.165) is 25.2 Å². The van der Waals surface area contributed by atoms with Crippen molar-refractivity contribution in [3.8, 4) is 5.69 Å².